The van der Waals surface area contributed by atoms with Gasteiger partial charge in [0.15, 0.2) is 5.82 Å². The van der Waals surface area contributed by atoms with Crippen LogP contribution in [0.15, 0.2) is 35.6 Å². The Hall–Kier alpha value is -2.21. The van der Waals surface area contributed by atoms with E-state index < -0.39 is 0 Å². The van der Waals surface area contributed by atoms with Crippen LogP contribution < -0.4 is 10.6 Å². The summed E-state index contributed by atoms with van der Waals surface area (Å²) in [6.07, 6.45) is 5.04. The number of aromatic nitrogens is 2. The second-order valence-electron chi connectivity index (χ2n) is 3.92. The Morgan fingerprint density at radius 1 is 1.57 bits per heavy atom. The minimum atomic E-state index is -0.297. The summed E-state index contributed by atoms with van der Waals surface area (Å²) in [7, 11) is 1.71. The van der Waals surface area contributed by atoms with Gasteiger partial charge < -0.3 is 10.6 Å². The van der Waals surface area contributed by atoms with E-state index >= 15 is 0 Å². The molecule has 1 amide bonds. The molecule has 0 aliphatic heterocycles. The average Bonchev–Trinajstić information content (AvgIpc) is 2.51. The number of hydrogen-bond donors (Lipinski definition) is 2. The van der Waals surface area contributed by atoms with E-state index in [1.54, 1.807) is 13.1 Å². The molecule has 6 nitrogen and oxygen atoms in total. The Labute approximate surface area is 129 Å². The summed E-state index contributed by atoms with van der Waals surface area (Å²) in [6, 6.07) is 0. The predicted octanol–water partition coefficient (Wildman–Crippen LogP) is 2.86. The van der Waals surface area contributed by atoms with Gasteiger partial charge in [-0.2, -0.15) is 4.98 Å². The summed E-state index contributed by atoms with van der Waals surface area (Å²) >= 11 is 6.05. The van der Waals surface area contributed by atoms with E-state index in [0.29, 0.717) is 34.6 Å². The summed E-state index contributed by atoms with van der Waals surface area (Å²) < 4.78 is 0. The van der Waals surface area contributed by atoms with Crippen LogP contribution in [-0.4, -0.2) is 28.6 Å². The summed E-state index contributed by atoms with van der Waals surface area (Å²) in [5.74, 6) is 0.472. The number of aliphatic imine (C=N–C) groups is 1. The maximum Gasteiger partial charge on any atom is 0.247 e. The number of carbonyl (C=O) groups is 1. The molecular formula is C14H18ClN5O. The maximum atomic E-state index is 11.4. The standard InChI is InChI=1S/C14H18ClN5O/c1-5-10(18-12(21)7-3)11(6-2)19-13-9(15)8-17-14(16-4)20-13/h5,7-8H,3,6H2,1-2,4H3,(H,18,21)(H,16,17,20)/b10-5+,19-11?. The van der Waals surface area contributed by atoms with Gasteiger partial charge in [-0.25, -0.2) is 9.98 Å². The molecule has 7 heteroatoms. The Morgan fingerprint density at radius 3 is 2.81 bits per heavy atom. The topological polar surface area (TPSA) is 79.3 Å². The maximum absolute atomic E-state index is 11.4. The van der Waals surface area contributed by atoms with Crippen LogP contribution in [0.2, 0.25) is 5.02 Å². The van der Waals surface area contributed by atoms with Crippen molar-refractivity contribution in [2.24, 2.45) is 4.99 Å². The van der Waals surface area contributed by atoms with E-state index in [-0.39, 0.29) is 5.91 Å². The molecule has 0 spiro atoms. The lowest BCUT2D eigenvalue weighted by atomic mass is 10.2. The average molecular weight is 308 g/mol. The van der Waals surface area contributed by atoms with E-state index in [1.165, 1.54) is 12.3 Å². The molecule has 0 radical (unpaired) electrons. The van der Waals surface area contributed by atoms with Crippen LogP contribution in [0.4, 0.5) is 11.8 Å². The van der Waals surface area contributed by atoms with Crippen LogP contribution in [0.5, 0.6) is 0 Å². The number of anilines is 1. The van der Waals surface area contributed by atoms with E-state index in [0.717, 1.165) is 0 Å². The minimum Gasteiger partial charge on any atom is -0.357 e. The van der Waals surface area contributed by atoms with Crippen molar-refractivity contribution in [3.05, 3.63) is 35.6 Å². The highest BCUT2D eigenvalue weighted by molar-refractivity contribution is 6.32. The number of rotatable bonds is 6. The largest absolute Gasteiger partial charge is 0.357 e. The molecule has 1 rings (SSSR count). The monoisotopic (exact) mass is 307 g/mol. The lowest BCUT2D eigenvalue weighted by Crippen LogP contribution is -2.25. The Bertz CT molecular complexity index is 595. The first-order valence-electron chi connectivity index (χ1n) is 6.43. The lowest BCUT2D eigenvalue weighted by molar-refractivity contribution is -0.115. The van der Waals surface area contributed by atoms with Crippen molar-refractivity contribution >= 4 is 35.0 Å². The SMILES string of the molecule is C=CC(=O)N/C(=C/C)C(CC)=Nc1nc(NC)ncc1Cl. The van der Waals surface area contributed by atoms with Gasteiger partial charge in [0.05, 0.1) is 17.6 Å². The molecule has 0 saturated heterocycles. The fraction of sp³-hybridized carbons (Fsp3) is 0.286. The number of hydrogen-bond acceptors (Lipinski definition) is 5. The molecule has 1 aromatic rings. The van der Waals surface area contributed by atoms with E-state index in [4.69, 9.17) is 11.6 Å². The van der Waals surface area contributed by atoms with Gasteiger partial charge in [-0.1, -0.05) is 31.2 Å². The van der Waals surface area contributed by atoms with Crippen LogP contribution in [-0.2, 0) is 4.79 Å². The van der Waals surface area contributed by atoms with E-state index in [9.17, 15) is 4.79 Å². The van der Waals surface area contributed by atoms with Gasteiger partial charge in [0, 0.05) is 7.05 Å². The van der Waals surface area contributed by atoms with Crippen molar-refractivity contribution in [3.63, 3.8) is 0 Å². The zero-order chi connectivity index (χ0) is 15.8. The summed E-state index contributed by atoms with van der Waals surface area (Å²) in [5.41, 5.74) is 1.26. The molecule has 0 fully saturated rings. The Kier molecular flexibility index (Phi) is 6.55. The third-order valence-electron chi connectivity index (χ3n) is 2.57. The predicted molar refractivity (Wildman–Crippen MR) is 86.1 cm³/mol. The molecule has 1 aromatic heterocycles. The molecule has 2 N–H and O–H groups in total. The normalized spacial score (nSPS) is 12.0. The third kappa shape index (κ3) is 4.68. The van der Waals surface area contributed by atoms with Gasteiger partial charge in [-0.15, -0.1) is 0 Å². The van der Waals surface area contributed by atoms with E-state index in [1.807, 2.05) is 13.8 Å². The molecule has 112 valence electrons. The Balaban J connectivity index is 3.18. The molecule has 0 saturated carbocycles. The fourth-order valence-electron chi connectivity index (χ4n) is 1.51. The van der Waals surface area contributed by atoms with Crippen LogP contribution in [0.3, 0.4) is 0 Å². The van der Waals surface area contributed by atoms with Crippen LogP contribution in [0, 0.1) is 0 Å². The van der Waals surface area contributed by atoms with Crippen LogP contribution in [0.1, 0.15) is 20.3 Å². The first-order valence-corrected chi connectivity index (χ1v) is 6.81. The second-order valence-corrected chi connectivity index (χ2v) is 4.33. The quantitative estimate of drug-likeness (QED) is 0.625. The molecule has 0 aromatic carbocycles. The smallest absolute Gasteiger partial charge is 0.247 e. The van der Waals surface area contributed by atoms with Crippen molar-refractivity contribution in [1.29, 1.82) is 0 Å². The van der Waals surface area contributed by atoms with Crippen molar-refractivity contribution in [2.45, 2.75) is 20.3 Å². The molecule has 1 heterocycles. The second kappa shape index (κ2) is 8.16. The van der Waals surface area contributed by atoms with Crippen molar-refractivity contribution in [2.75, 3.05) is 12.4 Å². The fourth-order valence-corrected chi connectivity index (χ4v) is 1.64. The highest BCUT2D eigenvalue weighted by Gasteiger charge is 2.10. The molecule has 0 aliphatic carbocycles. The zero-order valence-electron chi connectivity index (χ0n) is 12.3. The van der Waals surface area contributed by atoms with Gasteiger partial charge in [0.25, 0.3) is 0 Å². The summed E-state index contributed by atoms with van der Waals surface area (Å²) in [5, 5.41) is 5.87. The molecule has 21 heavy (non-hydrogen) atoms. The molecule has 0 aliphatic rings. The number of amides is 1. The van der Waals surface area contributed by atoms with Crippen molar-refractivity contribution < 1.29 is 4.79 Å². The number of carbonyl (C=O) groups excluding carboxylic acids is 1. The number of nitrogens with one attached hydrogen (secondary N) is 2. The first-order chi connectivity index (χ1) is 10.0. The third-order valence-corrected chi connectivity index (χ3v) is 2.83. The summed E-state index contributed by atoms with van der Waals surface area (Å²) in [4.78, 5) is 24.0. The summed E-state index contributed by atoms with van der Waals surface area (Å²) in [6.45, 7) is 7.16. The van der Waals surface area contributed by atoms with Gasteiger partial charge in [0.1, 0.15) is 5.02 Å². The number of allylic oxidation sites excluding steroid dienone is 2. The number of halogens is 1. The molecule has 0 atom stereocenters. The molecular weight excluding hydrogens is 290 g/mol. The molecule has 0 bridgehead atoms. The highest BCUT2D eigenvalue weighted by Crippen LogP contribution is 2.23. The minimum absolute atomic E-state index is 0.297. The number of nitrogens with zero attached hydrogens (tertiary/aromatic N) is 3. The Morgan fingerprint density at radius 2 is 2.29 bits per heavy atom. The lowest BCUT2D eigenvalue weighted by Gasteiger charge is -2.10. The zero-order valence-corrected chi connectivity index (χ0v) is 13.0. The highest BCUT2D eigenvalue weighted by atomic mass is 35.5. The van der Waals surface area contributed by atoms with Gasteiger partial charge >= 0.3 is 0 Å². The molecule has 0 unspecified atom stereocenters. The van der Waals surface area contributed by atoms with Crippen LogP contribution >= 0.6 is 11.6 Å². The van der Waals surface area contributed by atoms with Gasteiger partial charge in [-0.3, -0.25) is 4.79 Å². The van der Waals surface area contributed by atoms with Gasteiger partial charge in [0.2, 0.25) is 11.9 Å². The van der Waals surface area contributed by atoms with Crippen molar-refractivity contribution in [1.82, 2.24) is 15.3 Å². The van der Waals surface area contributed by atoms with Crippen molar-refractivity contribution in [3.8, 4) is 0 Å². The van der Waals surface area contributed by atoms with Crippen LogP contribution in [0.25, 0.3) is 0 Å². The first kappa shape index (κ1) is 16.8. The van der Waals surface area contributed by atoms with Gasteiger partial charge in [-0.05, 0) is 19.4 Å². The van der Waals surface area contributed by atoms with E-state index in [2.05, 4.69) is 32.2 Å².